The fourth-order valence-electron chi connectivity index (χ4n) is 6.61. The molecule has 0 bridgehead atoms. The van der Waals surface area contributed by atoms with Gasteiger partial charge in [-0.15, -0.1) is 0 Å². The van der Waals surface area contributed by atoms with Crippen LogP contribution in [0.3, 0.4) is 0 Å². The Balaban J connectivity index is 1.85. The molecule has 0 aliphatic carbocycles. The van der Waals surface area contributed by atoms with Gasteiger partial charge in [0.15, 0.2) is 12.3 Å². The normalized spacial score (nSPS) is 20.5. The molecule has 8 atom stereocenters. The van der Waals surface area contributed by atoms with E-state index in [0.717, 1.165) is 55.7 Å². The predicted octanol–water partition coefficient (Wildman–Crippen LogP) is 8.16. The van der Waals surface area contributed by atoms with Crippen LogP contribution in [-0.4, -0.2) is 96.9 Å². The highest BCUT2D eigenvalue weighted by atomic mass is 31.3. The van der Waals surface area contributed by atoms with Gasteiger partial charge in [0, 0.05) is 19.0 Å². The number of rotatable bonds is 37. The quantitative estimate of drug-likeness (QED) is 0.0120. The number of hydrogen-bond acceptors (Lipinski definition) is 16. The van der Waals surface area contributed by atoms with Crippen molar-refractivity contribution in [3.05, 3.63) is 95.7 Å². The van der Waals surface area contributed by atoms with Gasteiger partial charge in [0.25, 0.3) is 0 Å². The number of aliphatic hydroxyl groups excluding tert-OH is 3. The molecule has 19 nitrogen and oxygen atoms in total. The molecule has 2 rings (SSSR count). The number of unbranched alkanes of at least 4 members (excludes halogenated alkanes) is 7. The van der Waals surface area contributed by atoms with E-state index in [4.69, 9.17) is 29.0 Å². The van der Waals surface area contributed by atoms with E-state index in [1.165, 1.54) is 25.3 Å². The van der Waals surface area contributed by atoms with Crippen molar-refractivity contribution >= 4 is 33.4 Å². The zero-order valence-corrected chi connectivity index (χ0v) is 42.1. The van der Waals surface area contributed by atoms with Crippen molar-refractivity contribution in [2.24, 2.45) is 5.92 Å². The lowest BCUT2D eigenvalue weighted by Crippen LogP contribution is -2.36. The number of nitrogens with zero attached hydrogens (tertiary/aromatic N) is 2. The fourth-order valence-corrected chi connectivity index (χ4v) is 8.72. The molecule has 0 saturated carbocycles. The Labute approximate surface area is 407 Å². The van der Waals surface area contributed by atoms with E-state index in [9.17, 15) is 48.6 Å². The minimum Gasteiger partial charge on any atom is -0.462 e. The summed E-state index contributed by atoms with van der Waals surface area (Å²) in [5, 5.41) is 30.9. The van der Waals surface area contributed by atoms with E-state index < -0.39 is 89.8 Å². The van der Waals surface area contributed by atoms with Crippen LogP contribution in [0.15, 0.2) is 90.0 Å². The largest absolute Gasteiger partial charge is 0.481 e. The van der Waals surface area contributed by atoms with Crippen LogP contribution in [-0.2, 0) is 46.3 Å². The van der Waals surface area contributed by atoms with Crippen molar-refractivity contribution < 1.29 is 71.4 Å². The number of carbonyl (C=O) groups excluding carboxylic acids is 2. The van der Waals surface area contributed by atoms with E-state index in [-0.39, 0.29) is 18.7 Å². The first-order valence-electron chi connectivity index (χ1n) is 23.9. The molecule has 3 unspecified atom stereocenters. The maximum atomic E-state index is 12.8. The number of aliphatic hydroxyl groups is 3. The van der Waals surface area contributed by atoms with Crippen LogP contribution < -0.4 is 11.4 Å². The first-order chi connectivity index (χ1) is 32.9. The summed E-state index contributed by atoms with van der Waals surface area (Å²) in [6.45, 7) is 4.10. The molecule has 0 aromatic carbocycles. The Kier molecular flexibility index (Phi) is 31.3. The summed E-state index contributed by atoms with van der Waals surface area (Å²) in [6, 6.07) is 1.24. The van der Waals surface area contributed by atoms with E-state index in [1.54, 1.807) is 12.2 Å². The molecule has 21 heteroatoms. The van der Waals surface area contributed by atoms with Gasteiger partial charge in [-0.05, 0) is 56.9 Å². The minimum absolute atomic E-state index is 0.0203. The maximum Gasteiger partial charge on any atom is 0.481 e. The van der Waals surface area contributed by atoms with Crippen molar-refractivity contribution in [1.82, 2.24) is 9.55 Å². The number of allylic oxidation sites excluding steroid dienone is 10. The molecule has 1 aromatic rings. The van der Waals surface area contributed by atoms with Crippen molar-refractivity contribution in [3.63, 3.8) is 0 Å². The Morgan fingerprint density at radius 1 is 0.812 bits per heavy atom. The number of hydrogen-bond donors (Lipinski definition) is 6. The van der Waals surface area contributed by atoms with E-state index in [2.05, 4.69) is 42.2 Å². The Morgan fingerprint density at radius 2 is 1.43 bits per heavy atom. The van der Waals surface area contributed by atoms with Gasteiger partial charge in [-0.2, -0.15) is 9.29 Å². The minimum atomic E-state index is -5.44. The molecule has 1 aliphatic rings. The zero-order valence-electron chi connectivity index (χ0n) is 40.4. The average Bonchev–Trinajstić information content (AvgIpc) is 3.57. The van der Waals surface area contributed by atoms with Gasteiger partial charge in [0.2, 0.25) is 0 Å². The molecular weight excluding hydrogens is 936 g/mol. The molecule has 1 aliphatic heterocycles. The van der Waals surface area contributed by atoms with Gasteiger partial charge in [-0.3, -0.25) is 23.2 Å². The molecule has 390 valence electrons. The van der Waals surface area contributed by atoms with Crippen LogP contribution in [0, 0.1) is 5.92 Å². The third-order valence-electron chi connectivity index (χ3n) is 10.3. The van der Waals surface area contributed by atoms with Crippen molar-refractivity contribution in [2.45, 2.75) is 167 Å². The first kappa shape index (κ1) is 61.3. The topological polar surface area (TPSA) is 286 Å². The summed E-state index contributed by atoms with van der Waals surface area (Å²) in [6.07, 6.45) is 29.2. The molecule has 1 aromatic heterocycles. The Morgan fingerprint density at radius 3 is 2.12 bits per heavy atom. The molecule has 7 N–H and O–H groups in total. The maximum absolute atomic E-state index is 12.8. The summed E-state index contributed by atoms with van der Waals surface area (Å²) in [4.78, 5) is 61.7. The van der Waals surface area contributed by atoms with E-state index in [0.29, 0.717) is 38.0 Å². The number of aromatic nitrogens is 2. The summed E-state index contributed by atoms with van der Waals surface area (Å²) in [5.74, 6) is -0.741. The summed E-state index contributed by atoms with van der Waals surface area (Å²) >= 11 is 0. The van der Waals surface area contributed by atoms with Crippen molar-refractivity contribution in [3.8, 4) is 0 Å². The van der Waals surface area contributed by atoms with Gasteiger partial charge >= 0.3 is 33.3 Å². The van der Waals surface area contributed by atoms with Crippen LogP contribution in [0.25, 0.3) is 0 Å². The highest BCUT2D eigenvalue weighted by molar-refractivity contribution is 7.61. The monoisotopic (exact) mass is 1010 g/mol. The predicted molar refractivity (Wildman–Crippen MR) is 262 cm³/mol. The number of anilines is 1. The van der Waals surface area contributed by atoms with Gasteiger partial charge in [-0.25, -0.2) is 13.9 Å². The Bertz CT molecular complexity index is 1970. The molecule has 0 spiro atoms. The second-order valence-corrected chi connectivity index (χ2v) is 20.0. The first-order valence-corrected chi connectivity index (χ1v) is 26.9. The molecule has 1 fully saturated rings. The second-order valence-electron chi connectivity index (χ2n) is 16.9. The molecule has 2 heterocycles. The molecule has 69 heavy (non-hydrogen) atoms. The SMILES string of the molecule is CC/C=C\C/C=C\CC(O)/C=C/C=C\C/C=C\C/C=C\CCC(=O)OC[C@H](COP(=O)(O)OP(=O)(O)OC[C@H]1O[C@@H](n2ccc(N)nc2=O)[C@H](O)[C@@H]1O)OC(=O)CCCCCCCCCCC(C)C. The number of carbonyl (C=O) groups is 2. The van der Waals surface area contributed by atoms with Gasteiger partial charge in [0.05, 0.1) is 19.3 Å². The molecule has 0 radical (unpaired) electrons. The van der Waals surface area contributed by atoms with Gasteiger partial charge < -0.3 is 45.1 Å². The fraction of sp³-hybridized carbons (Fsp3) is 0.625. The number of nitrogen functional groups attached to an aromatic ring is 1. The molecular formula is C48H77N3O16P2. The van der Waals surface area contributed by atoms with Gasteiger partial charge in [-0.1, -0.05) is 145 Å². The lowest BCUT2D eigenvalue weighted by atomic mass is 10.0. The summed E-state index contributed by atoms with van der Waals surface area (Å²) in [7, 11) is -10.9. The summed E-state index contributed by atoms with van der Waals surface area (Å²) < 4.78 is 56.5. The number of ether oxygens (including phenoxy) is 3. The smallest absolute Gasteiger partial charge is 0.462 e. The molecule has 1 saturated heterocycles. The van der Waals surface area contributed by atoms with Crippen molar-refractivity contribution in [2.75, 3.05) is 25.6 Å². The number of esters is 2. The van der Waals surface area contributed by atoms with Crippen LogP contribution >= 0.6 is 15.6 Å². The highest BCUT2D eigenvalue weighted by Gasteiger charge is 2.46. The average molecular weight is 1010 g/mol. The zero-order chi connectivity index (χ0) is 50.9. The van der Waals surface area contributed by atoms with Crippen LogP contribution in [0.5, 0.6) is 0 Å². The van der Waals surface area contributed by atoms with Crippen LogP contribution in [0.2, 0.25) is 0 Å². The number of phosphoric acid groups is 2. The highest BCUT2D eigenvalue weighted by Crippen LogP contribution is 2.60. The summed E-state index contributed by atoms with van der Waals surface area (Å²) in [5.41, 5.74) is 4.57. The Hall–Kier alpha value is -3.84. The van der Waals surface area contributed by atoms with Crippen molar-refractivity contribution in [1.29, 1.82) is 0 Å². The van der Waals surface area contributed by atoms with Crippen LogP contribution in [0.1, 0.15) is 136 Å². The van der Waals surface area contributed by atoms with E-state index >= 15 is 0 Å². The third-order valence-corrected chi connectivity index (χ3v) is 12.9. The lowest BCUT2D eigenvalue weighted by Gasteiger charge is -2.21. The molecule has 0 amide bonds. The van der Waals surface area contributed by atoms with Crippen LogP contribution in [0.4, 0.5) is 5.82 Å². The standard InChI is InChI=1S/C48H77N3O16P2/c1-4-5-6-7-19-24-29-39(52)30-25-20-15-10-8-9-11-16-21-26-31-43(53)62-35-40(65-44(54)32-27-22-17-13-12-14-18-23-28-38(2)3)36-63-68(58,59)67-69(60,61)64-37-41-45(55)46(56)47(66-41)51-34-33-42(49)50-48(51)57/h5-6,8-9,15-16,19-21,24-25,30,33-34,38-41,45-47,52,55-56H,4,7,10-14,17-18,22-23,26-29,31-32,35-37H2,1-3H3,(H,58,59)(H,60,61)(H2,49,50,57)/b6-5-,9-8-,20-15-,21-16-,24-19-,30-25+/t39?,40-,41-,45-,46-,47-/m1/s1. The second kappa shape index (κ2) is 35.3. The number of phosphoric ester groups is 2. The van der Waals surface area contributed by atoms with Gasteiger partial charge in [0.1, 0.15) is 30.7 Å². The van der Waals surface area contributed by atoms with E-state index in [1.807, 2.05) is 48.6 Å². The third kappa shape index (κ3) is 29.2. The number of nitrogens with two attached hydrogens (primary N) is 1. The lowest BCUT2D eigenvalue weighted by molar-refractivity contribution is -0.161.